The van der Waals surface area contributed by atoms with E-state index in [4.69, 9.17) is 37.6 Å². The molecule has 1 aliphatic heterocycles. The van der Waals surface area contributed by atoms with Gasteiger partial charge >= 0.3 is 10.4 Å². The van der Waals surface area contributed by atoms with Gasteiger partial charge in [-0.15, -0.1) is 13.2 Å². The lowest BCUT2D eigenvalue weighted by Gasteiger charge is -2.17. The lowest BCUT2D eigenvalue weighted by Crippen LogP contribution is -2.32. The van der Waals surface area contributed by atoms with Gasteiger partial charge in [-0.05, 0) is 0 Å². The number of rotatable bonds is 10. The molecule has 0 aromatic heterocycles. The maximum atomic E-state index is 8.74. The first-order chi connectivity index (χ1) is 11.8. The van der Waals surface area contributed by atoms with Crippen LogP contribution in [0.5, 0.6) is 0 Å². The van der Waals surface area contributed by atoms with Gasteiger partial charge in [0, 0.05) is 19.6 Å². The van der Waals surface area contributed by atoms with E-state index >= 15 is 0 Å². The Kier molecular flexibility index (Phi) is 26.7. The van der Waals surface area contributed by atoms with E-state index in [1.807, 2.05) is 0 Å². The maximum Gasteiger partial charge on any atom is 0.394 e. The van der Waals surface area contributed by atoms with Gasteiger partial charge in [0.25, 0.3) is 0 Å². The van der Waals surface area contributed by atoms with Gasteiger partial charge in [-0.3, -0.25) is 14.0 Å². The number of hydrogen-bond acceptors (Lipinski definition) is 8. The molecule has 1 aliphatic rings. The third kappa shape index (κ3) is 59.9. The molecule has 0 aromatic carbocycles. The Balaban J connectivity index is -0.000000279. The van der Waals surface area contributed by atoms with Crippen molar-refractivity contribution in [3.8, 4) is 0 Å². The third-order valence-corrected chi connectivity index (χ3v) is 1.92. The van der Waals surface area contributed by atoms with Crippen LogP contribution in [0.2, 0.25) is 0 Å². The molecule has 10 nitrogen and oxygen atoms in total. The molecule has 25 heavy (non-hydrogen) atoms. The summed E-state index contributed by atoms with van der Waals surface area (Å²) in [4.78, 5) is 1.79. The monoisotopic (exact) mass is 389 g/mol. The quantitative estimate of drug-likeness (QED) is 0.136. The highest BCUT2D eigenvalue weighted by molar-refractivity contribution is 7.79. The van der Waals surface area contributed by atoms with Crippen LogP contribution in [-0.2, 0) is 19.9 Å². The normalized spacial score (nSPS) is 11.8. The summed E-state index contributed by atoms with van der Waals surface area (Å²) >= 11 is 0. The van der Waals surface area contributed by atoms with Gasteiger partial charge in [0.1, 0.15) is 0 Å². The molecule has 0 bridgehead atoms. The van der Waals surface area contributed by atoms with Crippen LogP contribution < -0.4 is 0 Å². The van der Waals surface area contributed by atoms with Crippen molar-refractivity contribution in [3.63, 3.8) is 0 Å². The van der Waals surface area contributed by atoms with Crippen molar-refractivity contribution in [2.75, 3.05) is 65.9 Å². The topological polar surface area (TPSA) is 160 Å². The summed E-state index contributed by atoms with van der Waals surface area (Å²) in [5.74, 6) is 0. The standard InChI is InChI=1S/C6H15NO3.C6H10O.C2H4O.H2O4S/c8-4-1-7(2-5-9)3-6-10;1-3-5-7-6-4-2;1-2-3-1;1-5(2,3)4/h8-10H,1-6H2;3-4H,1-2,5-6H2;1-2H2;(H2,1,2,3,4). The Morgan fingerprint density at radius 3 is 1.36 bits per heavy atom. The van der Waals surface area contributed by atoms with E-state index in [0.29, 0.717) is 32.8 Å². The Hall–Kier alpha value is -0.890. The Morgan fingerprint density at radius 2 is 1.20 bits per heavy atom. The van der Waals surface area contributed by atoms with Crippen LogP contribution in [0.3, 0.4) is 0 Å². The van der Waals surface area contributed by atoms with Crippen LogP contribution in [0, 0.1) is 0 Å². The van der Waals surface area contributed by atoms with Crippen LogP contribution in [0.1, 0.15) is 0 Å². The second-order valence-corrected chi connectivity index (χ2v) is 5.08. The van der Waals surface area contributed by atoms with Crippen molar-refractivity contribution in [1.29, 1.82) is 0 Å². The zero-order valence-electron chi connectivity index (χ0n) is 14.4. The molecule has 0 saturated carbocycles. The minimum Gasteiger partial charge on any atom is -0.395 e. The SMILES string of the molecule is C1CO1.C=CCOCC=C.O=S(=O)(O)O.OCCN(CCO)CCO. The fourth-order valence-electron chi connectivity index (χ4n) is 0.994. The predicted molar refractivity (Wildman–Crippen MR) is 93.9 cm³/mol. The lowest BCUT2D eigenvalue weighted by molar-refractivity contribution is 0.136. The van der Waals surface area contributed by atoms with Crippen LogP contribution >= 0.6 is 0 Å². The molecular formula is C14H31NO9S. The summed E-state index contributed by atoms with van der Waals surface area (Å²) in [5, 5.41) is 25.5. The van der Waals surface area contributed by atoms with E-state index in [2.05, 4.69) is 17.9 Å². The fourth-order valence-corrected chi connectivity index (χ4v) is 0.994. The summed E-state index contributed by atoms with van der Waals surface area (Å²) < 4.78 is 41.0. The van der Waals surface area contributed by atoms with Crippen LogP contribution in [0.4, 0.5) is 0 Å². The molecule has 1 saturated heterocycles. The molecule has 0 aromatic rings. The van der Waals surface area contributed by atoms with Gasteiger partial charge in [0.2, 0.25) is 0 Å². The molecule has 0 amide bonds. The maximum absolute atomic E-state index is 8.74. The molecule has 1 fully saturated rings. The van der Waals surface area contributed by atoms with Gasteiger partial charge in [0.05, 0.1) is 46.2 Å². The van der Waals surface area contributed by atoms with Crippen molar-refractivity contribution in [1.82, 2.24) is 4.90 Å². The molecule has 11 heteroatoms. The average Bonchev–Trinajstić information content (AvgIpc) is 3.36. The molecule has 0 atom stereocenters. The molecule has 0 spiro atoms. The number of aliphatic hydroxyl groups is 3. The van der Waals surface area contributed by atoms with Crippen LogP contribution in [0.25, 0.3) is 0 Å². The summed E-state index contributed by atoms with van der Waals surface area (Å²) in [5.41, 5.74) is 0. The van der Waals surface area contributed by atoms with Gasteiger partial charge in [-0.2, -0.15) is 8.42 Å². The third-order valence-electron chi connectivity index (χ3n) is 1.92. The summed E-state index contributed by atoms with van der Waals surface area (Å²) in [6.07, 6.45) is 3.42. The average molecular weight is 389 g/mol. The Bertz CT molecular complexity index is 341. The van der Waals surface area contributed by atoms with Gasteiger partial charge in [-0.1, -0.05) is 12.2 Å². The minimum absolute atomic E-state index is 0.0694. The molecule has 1 rings (SSSR count). The second kappa shape index (κ2) is 23.1. The van der Waals surface area contributed by atoms with Crippen molar-refractivity contribution in [3.05, 3.63) is 25.3 Å². The van der Waals surface area contributed by atoms with E-state index in [0.717, 1.165) is 13.2 Å². The van der Waals surface area contributed by atoms with E-state index in [1.165, 1.54) is 0 Å². The van der Waals surface area contributed by atoms with Crippen molar-refractivity contribution >= 4 is 10.4 Å². The highest BCUT2D eigenvalue weighted by atomic mass is 32.3. The highest BCUT2D eigenvalue weighted by Gasteiger charge is 2.00. The number of epoxide rings is 1. The molecule has 0 unspecified atom stereocenters. The van der Waals surface area contributed by atoms with E-state index in [9.17, 15) is 0 Å². The lowest BCUT2D eigenvalue weighted by atomic mass is 10.4. The summed E-state index contributed by atoms with van der Waals surface area (Å²) in [6, 6.07) is 0. The number of nitrogens with zero attached hydrogens (tertiary/aromatic N) is 1. The Labute approximate surface area is 149 Å². The molecule has 152 valence electrons. The van der Waals surface area contributed by atoms with Gasteiger partial charge in [-0.25, -0.2) is 0 Å². The van der Waals surface area contributed by atoms with Crippen LogP contribution in [-0.4, -0.2) is 104 Å². The Morgan fingerprint density at radius 1 is 0.920 bits per heavy atom. The van der Waals surface area contributed by atoms with Crippen molar-refractivity contribution in [2.24, 2.45) is 0 Å². The molecule has 0 radical (unpaired) electrons. The van der Waals surface area contributed by atoms with Crippen molar-refractivity contribution in [2.45, 2.75) is 0 Å². The minimum atomic E-state index is -4.67. The molecule has 0 aliphatic carbocycles. The van der Waals surface area contributed by atoms with Crippen molar-refractivity contribution < 1.29 is 42.3 Å². The zero-order chi connectivity index (χ0) is 20.0. The summed E-state index contributed by atoms with van der Waals surface area (Å²) in [7, 11) is -4.67. The van der Waals surface area contributed by atoms with E-state index < -0.39 is 10.4 Å². The number of aliphatic hydroxyl groups excluding tert-OH is 3. The number of ether oxygens (including phenoxy) is 2. The first-order valence-electron chi connectivity index (χ1n) is 7.38. The fraction of sp³-hybridized carbons (Fsp3) is 0.714. The molecular weight excluding hydrogens is 358 g/mol. The predicted octanol–water partition coefficient (Wildman–Crippen LogP) is -0.996. The first-order valence-corrected chi connectivity index (χ1v) is 8.78. The van der Waals surface area contributed by atoms with Gasteiger partial charge in [0.15, 0.2) is 0 Å². The number of hydrogen-bond donors (Lipinski definition) is 5. The highest BCUT2D eigenvalue weighted by Crippen LogP contribution is 1.85. The van der Waals surface area contributed by atoms with Gasteiger partial charge < -0.3 is 24.8 Å². The molecule has 1 heterocycles. The largest absolute Gasteiger partial charge is 0.395 e. The first kappa shape index (κ1) is 28.9. The molecule has 5 N–H and O–H groups in total. The second-order valence-electron chi connectivity index (χ2n) is 4.19. The zero-order valence-corrected chi connectivity index (χ0v) is 15.2. The van der Waals surface area contributed by atoms with E-state index in [1.54, 1.807) is 17.1 Å². The van der Waals surface area contributed by atoms with E-state index in [-0.39, 0.29) is 19.8 Å². The summed E-state index contributed by atoms with van der Waals surface area (Å²) in [6.45, 7) is 11.9. The van der Waals surface area contributed by atoms with Crippen LogP contribution in [0.15, 0.2) is 25.3 Å². The smallest absolute Gasteiger partial charge is 0.394 e.